The minimum atomic E-state index is -1.37. The number of aryl methyl sites for hydroxylation is 1. The summed E-state index contributed by atoms with van der Waals surface area (Å²) < 4.78 is 0. The lowest BCUT2D eigenvalue weighted by Gasteiger charge is -2.19. The highest BCUT2D eigenvalue weighted by molar-refractivity contribution is 6.81. The second-order valence-electron chi connectivity index (χ2n) is 7.36. The topological polar surface area (TPSA) is 29.1 Å². The molecule has 0 bridgehead atoms. The van der Waals surface area contributed by atoms with Crippen LogP contribution in [0.5, 0.6) is 0 Å². The predicted octanol–water partition coefficient (Wildman–Crippen LogP) is 4.83. The molecule has 0 aromatic heterocycles. The lowest BCUT2D eigenvalue weighted by atomic mass is 9.98. The maximum Gasteiger partial charge on any atom is 0.243 e. The van der Waals surface area contributed by atoms with Crippen LogP contribution in [0.15, 0.2) is 66.4 Å². The molecule has 0 radical (unpaired) electrons. The van der Waals surface area contributed by atoms with E-state index in [1.54, 1.807) is 6.08 Å². The van der Waals surface area contributed by atoms with Gasteiger partial charge >= 0.3 is 0 Å². The largest absolute Gasteiger partial charge is 0.345 e. The summed E-state index contributed by atoms with van der Waals surface area (Å²) in [6.07, 6.45) is 2.49. The SMILES string of the molecule is Cc1ccc(CC(NC(=O)C=C[Si](C)(C)C)c2ccccc2)cc1. The van der Waals surface area contributed by atoms with Crippen LogP contribution in [0.4, 0.5) is 0 Å². The molecular weight excluding hydrogens is 310 g/mol. The first-order valence-corrected chi connectivity index (χ1v) is 12.0. The maximum absolute atomic E-state index is 12.3. The van der Waals surface area contributed by atoms with E-state index in [2.05, 4.69) is 74.0 Å². The van der Waals surface area contributed by atoms with Crippen molar-refractivity contribution in [3.8, 4) is 0 Å². The highest BCUT2D eigenvalue weighted by atomic mass is 28.3. The van der Waals surface area contributed by atoms with E-state index in [1.807, 2.05) is 18.2 Å². The van der Waals surface area contributed by atoms with Crippen LogP contribution in [0, 0.1) is 6.92 Å². The second-order valence-corrected chi connectivity index (χ2v) is 12.4. The van der Waals surface area contributed by atoms with Crippen LogP contribution < -0.4 is 5.32 Å². The molecule has 1 unspecified atom stereocenters. The molecule has 126 valence electrons. The molecule has 24 heavy (non-hydrogen) atoms. The number of benzene rings is 2. The summed E-state index contributed by atoms with van der Waals surface area (Å²) in [4.78, 5) is 12.3. The van der Waals surface area contributed by atoms with E-state index in [0.717, 1.165) is 12.0 Å². The molecule has 0 saturated heterocycles. The van der Waals surface area contributed by atoms with E-state index in [4.69, 9.17) is 0 Å². The van der Waals surface area contributed by atoms with Crippen molar-refractivity contribution in [1.29, 1.82) is 0 Å². The Balaban J connectivity index is 2.16. The average Bonchev–Trinajstić information content (AvgIpc) is 2.54. The van der Waals surface area contributed by atoms with Gasteiger partial charge in [-0.05, 0) is 30.5 Å². The van der Waals surface area contributed by atoms with Crippen LogP contribution in [0.25, 0.3) is 0 Å². The highest BCUT2D eigenvalue weighted by Crippen LogP contribution is 2.19. The molecule has 1 N–H and O–H groups in total. The molecule has 1 amide bonds. The van der Waals surface area contributed by atoms with Crippen molar-refractivity contribution in [2.45, 2.75) is 39.0 Å². The Kier molecular flexibility index (Phi) is 6.15. The highest BCUT2D eigenvalue weighted by Gasteiger charge is 2.15. The summed E-state index contributed by atoms with van der Waals surface area (Å²) in [7, 11) is -1.37. The first-order chi connectivity index (χ1) is 11.3. The molecule has 2 aromatic carbocycles. The molecule has 2 rings (SSSR count). The summed E-state index contributed by atoms with van der Waals surface area (Å²) in [6.45, 7) is 8.74. The zero-order valence-electron chi connectivity index (χ0n) is 15.0. The number of hydrogen-bond acceptors (Lipinski definition) is 1. The van der Waals surface area contributed by atoms with Crippen molar-refractivity contribution in [3.05, 3.63) is 83.1 Å². The summed E-state index contributed by atoms with van der Waals surface area (Å²) in [5, 5.41) is 3.17. The molecular formula is C21H27NOSi. The normalized spacial score (nSPS) is 13.0. The predicted molar refractivity (Wildman–Crippen MR) is 105 cm³/mol. The van der Waals surface area contributed by atoms with Gasteiger partial charge in [-0.25, -0.2) is 0 Å². The van der Waals surface area contributed by atoms with Gasteiger partial charge in [-0.1, -0.05) is 85.5 Å². The van der Waals surface area contributed by atoms with E-state index < -0.39 is 8.07 Å². The van der Waals surface area contributed by atoms with Crippen molar-refractivity contribution in [1.82, 2.24) is 5.32 Å². The van der Waals surface area contributed by atoms with Crippen LogP contribution in [-0.4, -0.2) is 14.0 Å². The smallest absolute Gasteiger partial charge is 0.243 e. The molecule has 0 saturated carbocycles. The minimum absolute atomic E-state index is 0.0154. The van der Waals surface area contributed by atoms with Gasteiger partial charge in [0.2, 0.25) is 5.91 Å². The van der Waals surface area contributed by atoms with Crippen molar-refractivity contribution >= 4 is 14.0 Å². The van der Waals surface area contributed by atoms with Gasteiger partial charge in [0.1, 0.15) is 0 Å². The number of carbonyl (C=O) groups is 1. The van der Waals surface area contributed by atoms with Crippen LogP contribution in [0.2, 0.25) is 19.6 Å². The van der Waals surface area contributed by atoms with Gasteiger partial charge in [0.05, 0.1) is 14.1 Å². The van der Waals surface area contributed by atoms with Crippen LogP contribution in [0.1, 0.15) is 22.7 Å². The number of hydrogen-bond donors (Lipinski definition) is 1. The maximum atomic E-state index is 12.3. The third kappa shape index (κ3) is 6.17. The van der Waals surface area contributed by atoms with E-state index in [1.165, 1.54) is 11.1 Å². The van der Waals surface area contributed by atoms with Crippen molar-refractivity contribution in [2.24, 2.45) is 0 Å². The van der Waals surface area contributed by atoms with E-state index in [9.17, 15) is 4.79 Å². The minimum Gasteiger partial charge on any atom is -0.345 e. The Morgan fingerprint density at radius 2 is 1.67 bits per heavy atom. The number of rotatable bonds is 6. The molecule has 3 heteroatoms. The van der Waals surface area contributed by atoms with Gasteiger partial charge in [0.25, 0.3) is 0 Å². The van der Waals surface area contributed by atoms with Gasteiger partial charge in [-0.15, -0.1) is 0 Å². The first kappa shape index (κ1) is 18.2. The molecule has 0 spiro atoms. The Labute approximate surface area is 146 Å². The Morgan fingerprint density at radius 3 is 2.25 bits per heavy atom. The molecule has 0 aliphatic heterocycles. The molecule has 0 fully saturated rings. The lowest BCUT2D eigenvalue weighted by Crippen LogP contribution is -2.29. The molecule has 2 aromatic rings. The number of carbonyl (C=O) groups excluding carboxylic acids is 1. The van der Waals surface area contributed by atoms with Gasteiger partial charge in [0.15, 0.2) is 0 Å². The van der Waals surface area contributed by atoms with Gasteiger partial charge in [-0.2, -0.15) is 0 Å². The van der Waals surface area contributed by atoms with E-state index >= 15 is 0 Å². The third-order valence-corrected chi connectivity index (χ3v) is 4.98. The van der Waals surface area contributed by atoms with Gasteiger partial charge in [0, 0.05) is 0 Å². The van der Waals surface area contributed by atoms with Crippen molar-refractivity contribution in [2.75, 3.05) is 0 Å². The fourth-order valence-electron chi connectivity index (χ4n) is 2.44. The standard InChI is InChI=1S/C21H27NOSi/c1-17-10-12-18(13-11-17)16-20(19-8-6-5-7-9-19)22-21(23)14-15-24(2,3)4/h5-15,20H,16H2,1-4H3,(H,22,23). The first-order valence-electron chi connectivity index (χ1n) is 8.44. The molecule has 2 nitrogen and oxygen atoms in total. The fourth-order valence-corrected chi connectivity index (χ4v) is 3.09. The van der Waals surface area contributed by atoms with E-state index in [-0.39, 0.29) is 11.9 Å². The van der Waals surface area contributed by atoms with Crippen LogP contribution in [-0.2, 0) is 11.2 Å². The number of amides is 1. The van der Waals surface area contributed by atoms with Crippen LogP contribution >= 0.6 is 0 Å². The zero-order valence-corrected chi connectivity index (χ0v) is 16.0. The second kappa shape index (κ2) is 8.11. The monoisotopic (exact) mass is 337 g/mol. The van der Waals surface area contributed by atoms with Crippen LogP contribution in [0.3, 0.4) is 0 Å². The number of nitrogens with one attached hydrogen (secondary N) is 1. The summed E-state index contributed by atoms with van der Waals surface area (Å²) in [5.74, 6) is -0.0154. The van der Waals surface area contributed by atoms with E-state index in [0.29, 0.717) is 0 Å². The van der Waals surface area contributed by atoms with Crippen molar-refractivity contribution < 1.29 is 4.79 Å². The van der Waals surface area contributed by atoms with Gasteiger partial charge < -0.3 is 5.32 Å². The Bertz CT molecular complexity index is 684. The fraction of sp³-hybridized carbons (Fsp3) is 0.286. The Morgan fingerprint density at radius 1 is 1.04 bits per heavy atom. The van der Waals surface area contributed by atoms with Crippen molar-refractivity contribution in [3.63, 3.8) is 0 Å². The zero-order chi connectivity index (χ0) is 17.6. The summed E-state index contributed by atoms with van der Waals surface area (Å²) in [6, 6.07) is 18.7. The Hall–Kier alpha value is -2.13. The molecule has 1 atom stereocenters. The van der Waals surface area contributed by atoms with Gasteiger partial charge in [-0.3, -0.25) is 4.79 Å². The third-order valence-electron chi connectivity index (χ3n) is 3.81. The molecule has 0 heterocycles. The molecule has 0 aliphatic rings. The lowest BCUT2D eigenvalue weighted by molar-refractivity contribution is -0.117. The summed E-state index contributed by atoms with van der Waals surface area (Å²) >= 11 is 0. The molecule has 0 aliphatic carbocycles. The quantitative estimate of drug-likeness (QED) is 0.594. The summed E-state index contributed by atoms with van der Waals surface area (Å²) in [5.41, 5.74) is 5.69. The average molecular weight is 338 g/mol.